The zero-order valence-electron chi connectivity index (χ0n) is 13.5. The van der Waals surface area contributed by atoms with Gasteiger partial charge >= 0.3 is 0 Å². The van der Waals surface area contributed by atoms with Gasteiger partial charge in [-0.3, -0.25) is 0 Å². The summed E-state index contributed by atoms with van der Waals surface area (Å²) in [4.78, 5) is 0. The van der Waals surface area contributed by atoms with Crippen LogP contribution >= 0.6 is 0 Å². The number of benzene rings is 2. The summed E-state index contributed by atoms with van der Waals surface area (Å²) >= 11 is 0. The van der Waals surface area contributed by atoms with Crippen LogP contribution in [0.25, 0.3) is 0 Å². The van der Waals surface area contributed by atoms with Crippen molar-refractivity contribution in [2.24, 2.45) is 0 Å². The topological polar surface area (TPSA) is 65.3 Å². The van der Waals surface area contributed by atoms with Gasteiger partial charge in [0.25, 0.3) is 0 Å². The van der Waals surface area contributed by atoms with Crippen LogP contribution in [0.1, 0.15) is 35.8 Å². The smallest absolute Gasteiger partial charge is 0.174 e. The first-order chi connectivity index (χ1) is 11.1. The van der Waals surface area contributed by atoms with E-state index in [1.54, 1.807) is 0 Å². The summed E-state index contributed by atoms with van der Waals surface area (Å²) in [5, 5.41) is 22.2. The minimum atomic E-state index is -0.531. The van der Waals surface area contributed by atoms with E-state index in [0.29, 0.717) is 12.3 Å². The van der Waals surface area contributed by atoms with E-state index in [9.17, 15) is 5.11 Å². The Hall–Kier alpha value is -2.35. The van der Waals surface area contributed by atoms with Gasteiger partial charge in [-0.1, -0.05) is 36.4 Å². The standard InChI is InChI=1S/C19H22N2O2/c1-14-5-3-4-6-18(14)19(22)13-21-15(2)16-7-9-17(10-8-16)23-12-11-20/h3-10,15,19,21-22H,12-13H2,1-2H3. The third-order valence-electron chi connectivity index (χ3n) is 3.85. The first-order valence-corrected chi connectivity index (χ1v) is 7.68. The quantitative estimate of drug-likeness (QED) is 0.823. The predicted octanol–water partition coefficient (Wildman–Crippen LogP) is 3.28. The zero-order chi connectivity index (χ0) is 16.7. The van der Waals surface area contributed by atoms with Crippen LogP contribution in [0.15, 0.2) is 48.5 Å². The number of nitrogens with zero attached hydrogens (tertiary/aromatic N) is 1. The number of hydrogen-bond acceptors (Lipinski definition) is 4. The van der Waals surface area contributed by atoms with Gasteiger partial charge in [-0.05, 0) is 42.7 Å². The van der Waals surface area contributed by atoms with Gasteiger partial charge in [-0.15, -0.1) is 0 Å². The molecule has 2 N–H and O–H groups in total. The van der Waals surface area contributed by atoms with Gasteiger partial charge in [0.15, 0.2) is 6.61 Å². The average molecular weight is 310 g/mol. The predicted molar refractivity (Wildman–Crippen MR) is 90.1 cm³/mol. The summed E-state index contributed by atoms with van der Waals surface area (Å²) in [5.74, 6) is 0.683. The summed E-state index contributed by atoms with van der Waals surface area (Å²) < 4.78 is 5.24. The van der Waals surface area contributed by atoms with Crippen LogP contribution < -0.4 is 10.1 Å². The lowest BCUT2D eigenvalue weighted by atomic mass is 10.0. The Morgan fingerprint density at radius 1 is 1.17 bits per heavy atom. The monoisotopic (exact) mass is 310 g/mol. The number of aliphatic hydroxyl groups is 1. The SMILES string of the molecule is Cc1ccccc1C(O)CNC(C)c1ccc(OCC#N)cc1. The Bertz CT molecular complexity index is 662. The van der Waals surface area contributed by atoms with Crippen LogP contribution in [0.5, 0.6) is 5.75 Å². The van der Waals surface area contributed by atoms with Crippen LogP contribution in [0, 0.1) is 18.3 Å². The highest BCUT2D eigenvalue weighted by atomic mass is 16.5. The molecule has 0 saturated heterocycles. The molecule has 4 nitrogen and oxygen atoms in total. The van der Waals surface area contributed by atoms with Crippen molar-refractivity contribution >= 4 is 0 Å². The Morgan fingerprint density at radius 2 is 1.87 bits per heavy atom. The van der Waals surface area contributed by atoms with Crippen LogP contribution in [0.2, 0.25) is 0 Å². The third kappa shape index (κ3) is 4.82. The van der Waals surface area contributed by atoms with Gasteiger partial charge in [0.2, 0.25) is 0 Å². The van der Waals surface area contributed by atoms with Gasteiger partial charge in [0.05, 0.1) is 6.10 Å². The highest BCUT2D eigenvalue weighted by Crippen LogP contribution is 2.20. The van der Waals surface area contributed by atoms with Crippen LogP contribution in [0.3, 0.4) is 0 Å². The Balaban J connectivity index is 1.90. The minimum Gasteiger partial charge on any atom is -0.479 e. The molecule has 2 rings (SSSR count). The summed E-state index contributed by atoms with van der Waals surface area (Å²) in [7, 11) is 0. The fraction of sp³-hybridized carbons (Fsp3) is 0.316. The molecule has 0 aromatic heterocycles. The molecule has 0 aliphatic rings. The number of aliphatic hydroxyl groups excluding tert-OH is 1. The molecule has 0 amide bonds. The van der Waals surface area contributed by atoms with Crippen LogP contribution in [0.4, 0.5) is 0 Å². The van der Waals surface area contributed by atoms with Gasteiger partial charge in [-0.25, -0.2) is 0 Å². The third-order valence-corrected chi connectivity index (χ3v) is 3.85. The second-order valence-corrected chi connectivity index (χ2v) is 5.52. The van der Waals surface area contributed by atoms with E-state index in [2.05, 4.69) is 12.2 Å². The molecule has 23 heavy (non-hydrogen) atoms. The molecule has 0 bridgehead atoms. The lowest BCUT2D eigenvalue weighted by Crippen LogP contribution is -2.25. The molecule has 0 heterocycles. The minimum absolute atomic E-state index is 0.0514. The molecule has 0 spiro atoms. The summed E-state index contributed by atoms with van der Waals surface area (Å²) in [6.07, 6.45) is -0.531. The maximum absolute atomic E-state index is 10.3. The molecule has 2 atom stereocenters. The van der Waals surface area contributed by atoms with Crippen molar-refractivity contribution in [1.82, 2.24) is 5.32 Å². The number of hydrogen-bond donors (Lipinski definition) is 2. The highest BCUT2D eigenvalue weighted by Gasteiger charge is 2.12. The molecule has 0 fully saturated rings. The molecular weight excluding hydrogens is 288 g/mol. The van der Waals surface area contributed by atoms with E-state index in [0.717, 1.165) is 16.7 Å². The lowest BCUT2D eigenvalue weighted by Gasteiger charge is -2.19. The fourth-order valence-electron chi connectivity index (χ4n) is 2.45. The van der Waals surface area contributed by atoms with Gasteiger partial charge < -0.3 is 15.2 Å². The second-order valence-electron chi connectivity index (χ2n) is 5.52. The number of ether oxygens (including phenoxy) is 1. The molecule has 0 aliphatic carbocycles. The molecule has 2 unspecified atom stereocenters. The van der Waals surface area contributed by atoms with Crippen LogP contribution in [-0.4, -0.2) is 18.3 Å². The molecular formula is C19H22N2O2. The van der Waals surface area contributed by atoms with Crippen molar-refractivity contribution in [3.05, 3.63) is 65.2 Å². The summed E-state index contributed by atoms with van der Waals surface area (Å²) in [6.45, 7) is 4.59. The van der Waals surface area contributed by atoms with Gasteiger partial charge in [0.1, 0.15) is 11.8 Å². The molecule has 2 aromatic carbocycles. The molecule has 0 saturated carbocycles. The van der Waals surface area contributed by atoms with E-state index in [4.69, 9.17) is 10.00 Å². The first kappa shape index (κ1) is 17.0. The highest BCUT2D eigenvalue weighted by molar-refractivity contribution is 5.30. The Labute approximate surface area is 137 Å². The van der Waals surface area contributed by atoms with Crippen molar-refractivity contribution < 1.29 is 9.84 Å². The average Bonchev–Trinajstić information content (AvgIpc) is 2.58. The fourth-order valence-corrected chi connectivity index (χ4v) is 2.45. The molecule has 2 aromatic rings. The maximum Gasteiger partial charge on any atom is 0.174 e. The van der Waals surface area contributed by atoms with Gasteiger partial charge in [-0.2, -0.15) is 5.26 Å². The maximum atomic E-state index is 10.3. The summed E-state index contributed by atoms with van der Waals surface area (Å²) in [5.41, 5.74) is 3.15. The Kier molecular flexibility index (Phi) is 6.16. The number of nitriles is 1. The Morgan fingerprint density at radius 3 is 2.52 bits per heavy atom. The molecule has 0 radical (unpaired) electrons. The normalized spacial score (nSPS) is 13.1. The second kappa shape index (κ2) is 8.33. The number of nitrogens with one attached hydrogen (secondary N) is 1. The van der Waals surface area contributed by atoms with Crippen molar-refractivity contribution in [3.63, 3.8) is 0 Å². The van der Waals surface area contributed by atoms with Crippen molar-refractivity contribution in [2.45, 2.75) is 26.0 Å². The van der Waals surface area contributed by atoms with Crippen LogP contribution in [-0.2, 0) is 0 Å². The first-order valence-electron chi connectivity index (χ1n) is 7.68. The number of aryl methyl sites for hydroxylation is 1. The van der Waals surface area contributed by atoms with Crippen molar-refractivity contribution in [3.8, 4) is 11.8 Å². The largest absolute Gasteiger partial charge is 0.479 e. The van der Waals surface area contributed by atoms with E-state index in [1.165, 1.54) is 0 Å². The molecule has 0 aliphatic heterocycles. The number of rotatable bonds is 7. The summed E-state index contributed by atoms with van der Waals surface area (Å²) in [6, 6.07) is 17.5. The van der Waals surface area contributed by atoms with Crippen molar-refractivity contribution in [2.75, 3.05) is 13.2 Å². The van der Waals surface area contributed by atoms with E-state index in [1.807, 2.05) is 61.5 Å². The van der Waals surface area contributed by atoms with E-state index < -0.39 is 6.10 Å². The van der Waals surface area contributed by atoms with Crippen molar-refractivity contribution in [1.29, 1.82) is 5.26 Å². The molecule has 120 valence electrons. The van der Waals surface area contributed by atoms with E-state index in [-0.39, 0.29) is 12.6 Å². The van der Waals surface area contributed by atoms with E-state index >= 15 is 0 Å². The molecule has 4 heteroatoms. The van der Waals surface area contributed by atoms with Gasteiger partial charge in [0, 0.05) is 12.6 Å². The zero-order valence-corrected chi connectivity index (χ0v) is 13.5. The lowest BCUT2D eigenvalue weighted by molar-refractivity contribution is 0.170.